The van der Waals surface area contributed by atoms with Gasteiger partial charge in [-0.25, -0.2) is 0 Å². The van der Waals surface area contributed by atoms with Crippen LogP contribution in [0.1, 0.15) is 25.7 Å². The summed E-state index contributed by atoms with van der Waals surface area (Å²) in [7, 11) is -6.26. The Labute approximate surface area is 128 Å². The van der Waals surface area contributed by atoms with Gasteiger partial charge in [-0.2, -0.15) is 37.7 Å². The molecule has 11 heteroatoms. The van der Waals surface area contributed by atoms with E-state index in [4.69, 9.17) is 4.55 Å². The molecule has 2 aliphatic heterocycles. The van der Waals surface area contributed by atoms with Crippen LogP contribution in [0.2, 0.25) is 0 Å². The molecule has 0 radical (unpaired) electrons. The summed E-state index contributed by atoms with van der Waals surface area (Å²) in [6, 6.07) is 0. The third-order valence-electron chi connectivity index (χ3n) is 3.82. The van der Waals surface area contributed by atoms with Crippen molar-refractivity contribution in [2.75, 3.05) is 6.61 Å². The zero-order chi connectivity index (χ0) is 16.8. The fourth-order valence-corrected chi connectivity index (χ4v) is 4.86. The Bertz CT molecular complexity index is 551. The minimum atomic E-state index is -6.26. The molecule has 2 saturated heterocycles. The lowest BCUT2D eigenvalue weighted by Gasteiger charge is -2.24. The van der Waals surface area contributed by atoms with Gasteiger partial charge in [0.15, 0.2) is 0 Å². The number of hydrogen-bond acceptors (Lipinski definition) is 5. The summed E-state index contributed by atoms with van der Waals surface area (Å²) in [5.74, 6) is -6.20. The first-order valence-electron chi connectivity index (χ1n) is 6.50. The molecule has 128 valence electrons. The average Bonchev–Trinajstić information content (AvgIpc) is 2.98. The van der Waals surface area contributed by atoms with Gasteiger partial charge in [-0.05, 0) is 19.3 Å². The first-order chi connectivity index (χ1) is 9.96. The van der Waals surface area contributed by atoms with Gasteiger partial charge in [0, 0.05) is 10.5 Å². The zero-order valence-corrected chi connectivity index (χ0v) is 12.8. The first kappa shape index (κ1) is 17.8. The van der Waals surface area contributed by atoms with E-state index >= 15 is 0 Å². The highest BCUT2D eigenvalue weighted by Gasteiger charge is 2.65. The number of halogens is 4. The molecular formula is C11H14F4O5S2. The van der Waals surface area contributed by atoms with Gasteiger partial charge in [0.05, 0.1) is 18.9 Å². The molecule has 0 spiro atoms. The SMILES string of the molecule is O=C(OCCC(F)(F)C(F)(F)S(=O)(=O)O)C1CC2CCC1S2. The van der Waals surface area contributed by atoms with Crippen molar-refractivity contribution in [2.24, 2.45) is 5.92 Å². The molecule has 2 bridgehead atoms. The van der Waals surface area contributed by atoms with Gasteiger partial charge in [0.2, 0.25) is 0 Å². The molecule has 3 unspecified atom stereocenters. The van der Waals surface area contributed by atoms with Crippen molar-refractivity contribution in [1.82, 2.24) is 0 Å². The second-order valence-electron chi connectivity index (χ2n) is 5.33. The number of alkyl halides is 4. The molecule has 2 aliphatic rings. The quantitative estimate of drug-likeness (QED) is 0.441. The van der Waals surface area contributed by atoms with Crippen LogP contribution in [-0.2, 0) is 19.6 Å². The lowest BCUT2D eigenvalue weighted by atomic mass is 9.89. The number of thioether (sulfide) groups is 1. The van der Waals surface area contributed by atoms with Gasteiger partial charge in [-0.15, -0.1) is 0 Å². The summed E-state index contributed by atoms with van der Waals surface area (Å²) in [4.78, 5) is 11.7. The summed E-state index contributed by atoms with van der Waals surface area (Å²) in [5.41, 5.74) is 0. The fourth-order valence-electron chi connectivity index (χ4n) is 2.61. The van der Waals surface area contributed by atoms with E-state index < -0.39 is 46.2 Å². The van der Waals surface area contributed by atoms with E-state index in [2.05, 4.69) is 4.74 Å². The first-order valence-corrected chi connectivity index (χ1v) is 8.89. The van der Waals surface area contributed by atoms with E-state index in [0.29, 0.717) is 11.7 Å². The zero-order valence-electron chi connectivity index (χ0n) is 11.2. The van der Waals surface area contributed by atoms with Crippen LogP contribution in [0.5, 0.6) is 0 Å². The molecule has 22 heavy (non-hydrogen) atoms. The second kappa shape index (κ2) is 5.82. The third kappa shape index (κ3) is 3.21. The molecular weight excluding hydrogens is 352 g/mol. The molecule has 1 N–H and O–H groups in total. The third-order valence-corrected chi connectivity index (χ3v) is 6.49. The van der Waals surface area contributed by atoms with Crippen LogP contribution in [0.15, 0.2) is 0 Å². The second-order valence-corrected chi connectivity index (χ2v) is 8.34. The van der Waals surface area contributed by atoms with Crippen molar-refractivity contribution in [3.05, 3.63) is 0 Å². The predicted octanol–water partition coefficient (Wildman–Crippen LogP) is 2.32. The minimum absolute atomic E-state index is 0.0669. The van der Waals surface area contributed by atoms with Crippen LogP contribution in [0.25, 0.3) is 0 Å². The van der Waals surface area contributed by atoms with Crippen LogP contribution in [0, 0.1) is 5.92 Å². The van der Waals surface area contributed by atoms with E-state index in [1.54, 1.807) is 11.8 Å². The molecule has 0 aliphatic carbocycles. The Morgan fingerprint density at radius 2 is 1.91 bits per heavy atom. The maximum Gasteiger partial charge on any atom is 0.431 e. The van der Waals surface area contributed by atoms with Crippen molar-refractivity contribution < 1.29 is 40.1 Å². The summed E-state index contributed by atoms with van der Waals surface area (Å²) in [6.45, 7) is -1.05. The molecule has 2 rings (SSSR count). The smallest absolute Gasteiger partial charge is 0.431 e. The average molecular weight is 366 g/mol. The van der Waals surface area contributed by atoms with Crippen LogP contribution in [0.4, 0.5) is 17.6 Å². The number of fused-ring (bicyclic) bond motifs is 2. The van der Waals surface area contributed by atoms with E-state index in [-0.39, 0.29) is 5.25 Å². The molecule has 0 aromatic rings. The molecule has 0 aromatic carbocycles. The van der Waals surface area contributed by atoms with E-state index in [1.165, 1.54) is 0 Å². The van der Waals surface area contributed by atoms with E-state index in [9.17, 15) is 30.8 Å². The molecule has 2 heterocycles. The van der Waals surface area contributed by atoms with Crippen molar-refractivity contribution in [1.29, 1.82) is 0 Å². The lowest BCUT2D eigenvalue weighted by Crippen LogP contribution is -2.47. The minimum Gasteiger partial charge on any atom is -0.465 e. The van der Waals surface area contributed by atoms with Gasteiger partial charge in [-0.1, -0.05) is 0 Å². The normalized spacial score (nSPS) is 28.9. The highest BCUT2D eigenvalue weighted by Crippen LogP contribution is 2.49. The number of rotatable bonds is 6. The van der Waals surface area contributed by atoms with Crippen LogP contribution >= 0.6 is 11.8 Å². The van der Waals surface area contributed by atoms with E-state index in [1.807, 2.05) is 0 Å². The Morgan fingerprint density at radius 3 is 2.36 bits per heavy atom. The summed E-state index contributed by atoms with van der Waals surface area (Å²) in [5, 5.41) is -5.22. The van der Waals surface area contributed by atoms with Crippen molar-refractivity contribution in [2.45, 2.75) is 47.4 Å². The molecule has 3 atom stereocenters. The van der Waals surface area contributed by atoms with Crippen LogP contribution < -0.4 is 0 Å². The van der Waals surface area contributed by atoms with Crippen molar-refractivity contribution in [3.63, 3.8) is 0 Å². The molecule has 2 fully saturated rings. The van der Waals surface area contributed by atoms with Crippen LogP contribution in [-0.4, -0.2) is 47.2 Å². The maximum absolute atomic E-state index is 13.2. The lowest BCUT2D eigenvalue weighted by molar-refractivity contribution is -0.176. The molecule has 5 nitrogen and oxygen atoms in total. The van der Waals surface area contributed by atoms with Gasteiger partial charge in [0.1, 0.15) is 0 Å². The Morgan fingerprint density at radius 1 is 1.27 bits per heavy atom. The number of carbonyl (C=O) groups excluding carboxylic acids is 1. The number of hydrogen-bond donors (Lipinski definition) is 1. The topological polar surface area (TPSA) is 80.7 Å². The molecule has 0 aromatic heterocycles. The van der Waals surface area contributed by atoms with Crippen LogP contribution in [0.3, 0.4) is 0 Å². The van der Waals surface area contributed by atoms with Crippen molar-refractivity contribution in [3.8, 4) is 0 Å². The highest BCUT2D eigenvalue weighted by molar-refractivity contribution is 8.01. The molecule has 0 amide bonds. The summed E-state index contributed by atoms with van der Waals surface area (Å²) in [6.07, 6.45) is 0.690. The van der Waals surface area contributed by atoms with Gasteiger partial charge in [-0.3, -0.25) is 9.35 Å². The highest BCUT2D eigenvalue weighted by atomic mass is 32.2. The van der Waals surface area contributed by atoms with Crippen molar-refractivity contribution >= 4 is 27.8 Å². The maximum atomic E-state index is 13.2. The standard InChI is InChI=1S/C11H14F4O5S2/c12-10(13,11(14,15)22(17,18)19)3-4-20-9(16)7-5-6-1-2-8(7)21-6/h6-8H,1-5H2,(H,17,18,19). The monoisotopic (exact) mass is 366 g/mol. The number of ether oxygens (including phenoxy) is 1. The Kier molecular flexibility index (Phi) is 4.71. The Hall–Kier alpha value is -0.550. The summed E-state index contributed by atoms with van der Waals surface area (Å²) >= 11 is 1.63. The predicted molar refractivity (Wildman–Crippen MR) is 69.5 cm³/mol. The van der Waals surface area contributed by atoms with E-state index in [0.717, 1.165) is 12.8 Å². The van der Waals surface area contributed by atoms with Gasteiger partial charge in [0.25, 0.3) is 0 Å². The Balaban J connectivity index is 1.86. The molecule has 0 saturated carbocycles. The number of carbonyl (C=O) groups is 1. The number of esters is 1. The largest absolute Gasteiger partial charge is 0.465 e. The van der Waals surface area contributed by atoms with Gasteiger partial charge < -0.3 is 4.74 Å². The fraction of sp³-hybridized carbons (Fsp3) is 0.909. The van der Waals surface area contributed by atoms with Gasteiger partial charge >= 0.3 is 27.3 Å². The summed E-state index contributed by atoms with van der Waals surface area (Å²) < 4.78 is 85.6.